The fourth-order valence-corrected chi connectivity index (χ4v) is 2.47. The minimum atomic E-state index is 0.928. The molecule has 0 aliphatic carbocycles. The summed E-state index contributed by atoms with van der Waals surface area (Å²) in [7, 11) is 2.14. The van der Waals surface area contributed by atoms with Gasteiger partial charge in [0.1, 0.15) is 0 Å². The van der Waals surface area contributed by atoms with Gasteiger partial charge in [0.15, 0.2) is 0 Å². The van der Waals surface area contributed by atoms with Crippen molar-refractivity contribution in [1.82, 2.24) is 9.88 Å². The van der Waals surface area contributed by atoms with Crippen molar-refractivity contribution in [3.63, 3.8) is 0 Å². The summed E-state index contributed by atoms with van der Waals surface area (Å²) < 4.78 is 2.29. The number of hydrogen-bond donors (Lipinski definition) is 1. The number of fused-ring (bicyclic) bond motifs is 3. The lowest BCUT2D eigenvalue weighted by Gasteiger charge is -2.14. The first kappa shape index (κ1) is 8.60. The molecule has 1 N–H and O–H groups in total. The van der Waals surface area contributed by atoms with Crippen LogP contribution in [0.2, 0.25) is 0 Å². The van der Waals surface area contributed by atoms with Crippen molar-refractivity contribution in [3.8, 4) is 0 Å². The summed E-state index contributed by atoms with van der Waals surface area (Å²) in [6.07, 6.45) is 2.11. The van der Waals surface area contributed by atoms with E-state index < -0.39 is 0 Å². The van der Waals surface area contributed by atoms with Crippen LogP contribution in [0.4, 0.5) is 0 Å². The zero-order valence-corrected chi connectivity index (χ0v) is 9.04. The van der Waals surface area contributed by atoms with Crippen LogP contribution >= 0.6 is 0 Å². The van der Waals surface area contributed by atoms with Crippen molar-refractivity contribution in [1.29, 1.82) is 0 Å². The number of hydrogen-bond acceptors (Lipinski definition) is 1. The van der Waals surface area contributed by atoms with E-state index in [1.807, 2.05) is 0 Å². The van der Waals surface area contributed by atoms with E-state index >= 15 is 0 Å². The molecule has 0 amide bonds. The SMILES string of the molecule is CC1=CNCc2c1c1ccccc1n2C. The third-order valence-electron chi connectivity index (χ3n) is 3.21. The Balaban J connectivity index is 2.48. The number of rotatable bonds is 0. The molecule has 15 heavy (non-hydrogen) atoms. The highest BCUT2D eigenvalue weighted by Gasteiger charge is 2.17. The van der Waals surface area contributed by atoms with E-state index in [4.69, 9.17) is 0 Å². The largest absolute Gasteiger partial charge is 0.385 e. The van der Waals surface area contributed by atoms with Gasteiger partial charge in [0.05, 0.1) is 6.54 Å². The van der Waals surface area contributed by atoms with Gasteiger partial charge in [-0.1, -0.05) is 18.2 Å². The monoisotopic (exact) mass is 198 g/mol. The molecule has 3 rings (SSSR count). The van der Waals surface area contributed by atoms with Crippen LogP contribution in [0.3, 0.4) is 0 Å². The van der Waals surface area contributed by atoms with E-state index in [-0.39, 0.29) is 0 Å². The van der Waals surface area contributed by atoms with E-state index in [0.29, 0.717) is 0 Å². The number of aromatic nitrogens is 1. The van der Waals surface area contributed by atoms with Gasteiger partial charge in [-0.15, -0.1) is 0 Å². The van der Waals surface area contributed by atoms with E-state index in [1.54, 1.807) is 0 Å². The third kappa shape index (κ3) is 1.05. The van der Waals surface area contributed by atoms with Gasteiger partial charge in [0.2, 0.25) is 0 Å². The highest BCUT2D eigenvalue weighted by molar-refractivity contribution is 5.94. The number of benzene rings is 1. The second-order valence-corrected chi connectivity index (χ2v) is 4.11. The first-order chi connectivity index (χ1) is 7.29. The zero-order valence-electron chi connectivity index (χ0n) is 9.04. The van der Waals surface area contributed by atoms with Crippen molar-refractivity contribution < 1.29 is 0 Å². The van der Waals surface area contributed by atoms with Crippen molar-refractivity contribution in [2.45, 2.75) is 13.5 Å². The van der Waals surface area contributed by atoms with Gasteiger partial charge in [-0.25, -0.2) is 0 Å². The van der Waals surface area contributed by atoms with Gasteiger partial charge in [-0.2, -0.15) is 0 Å². The zero-order chi connectivity index (χ0) is 10.4. The number of aryl methyl sites for hydroxylation is 1. The lowest BCUT2D eigenvalue weighted by Crippen LogP contribution is -2.14. The molecule has 0 saturated heterocycles. The molecule has 0 spiro atoms. The second-order valence-electron chi connectivity index (χ2n) is 4.11. The van der Waals surface area contributed by atoms with Gasteiger partial charge < -0.3 is 9.88 Å². The molecule has 2 nitrogen and oxygen atoms in total. The molecule has 0 atom stereocenters. The Hall–Kier alpha value is -1.70. The van der Waals surface area contributed by atoms with E-state index in [9.17, 15) is 0 Å². The minimum Gasteiger partial charge on any atom is -0.385 e. The molecule has 2 heteroatoms. The number of nitrogens with one attached hydrogen (secondary N) is 1. The van der Waals surface area contributed by atoms with Gasteiger partial charge in [-0.3, -0.25) is 0 Å². The normalized spacial score (nSPS) is 14.7. The molecule has 0 unspecified atom stereocenters. The van der Waals surface area contributed by atoms with Crippen LogP contribution in [0.1, 0.15) is 18.2 Å². The molecular formula is C13H14N2. The van der Waals surface area contributed by atoms with Crippen LogP contribution in [0.25, 0.3) is 16.5 Å². The van der Waals surface area contributed by atoms with E-state index in [0.717, 1.165) is 6.54 Å². The molecular weight excluding hydrogens is 184 g/mol. The summed E-state index contributed by atoms with van der Waals surface area (Å²) in [6.45, 7) is 3.09. The third-order valence-corrected chi connectivity index (χ3v) is 3.21. The van der Waals surface area contributed by atoms with Crippen molar-refractivity contribution in [2.24, 2.45) is 7.05 Å². The quantitative estimate of drug-likeness (QED) is 0.688. The predicted molar refractivity (Wildman–Crippen MR) is 63.4 cm³/mol. The molecule has 1 aromatic carbocycles. The van der Waals surface area contributed by atoms with Crippen LogP contribution in [-0.2, 0) is 13.6 Å². The second kappa shape index (κ2) is 2.89. The van der Waals surface area contributed by atoms with Crippen molar-refractivity contribution in [3.05, 3.63) is 41.7 Å². The van der Waals surface area contributed by atoms with Crippen LogP contribution < -0.4 is 5.32 Å². The smallest absolute Gasteiger partial charge is 0.0554 e. The number of allylic oxidation sites excluding steroid dienone is 1. The topological polar surface area (TPSA) is 17.0 Å². The number of nitrogens with zero attached hydrogens (tertiary/aromatic N) is 1. The predicted octanol–water partition coefficient (Wildman–Crippen LogP) is 2.64. The Morgan fingerprint density at radius 2 is 2.07 bits per heavy atom. The fraction of sp³-hybridized carbons (Fsp3) is 0.231. The molecule has 76 valence electrons. The van der Waals surface area contributed by atoms with Gasteiger partial charge in [0.25, 0.3) is 0 Å². The van der Waals surface area contributed by atoms with Gasteiger partial charge in [-0.05, 0) is 18.6 Å². The average Bonchev–Trinajstić information content (AvgIpc) is 2.55. The van der Waals surface area contributed by atoms with E-state index in [2.05, 4.69) is 54.3 Å². The molecule has 0 radical (unpaired) electrons. The summed E-state index contributed by atoms with van der Waals surface area (Å²) >= 11 is 0. The first-order valence-electron chi connectivity index (χ1n) is 5.26. The highest BCUT2D eigenvalue weighted by Crippen LogP contribution is 2.32. The maximum atomic E-state index is 3.31. The van der Waals surface area contributed by atoms with Crippen LogP contribution in [-0.4, -0.2) is 4.57 Å². The van der Waals surface area contributed by atoms with Crippen LogP contribution in [0.5, 0.6) is 0 Å². The Morgan fingerprint density at radius 1 is 1.27 bits per heavy atom. The van der Waals surface area contributed by atoms with E-state index in [1.165, 1.54) is 27.7 Å². The molecule has 0 fully saturated rings. The lowest BCUT2D eigenvalue weighted by molar-refractivity contribution is 0.761. The molecule has 1 aromatic heterocycles. The Kier molecular flexibility index (Phi) is 1.66. The Labute approximate surface area is 89.2 Å². The minimum absolute atomic E-state index is 0.928. The molecule has 1 aliphatic heterocycles. The summed E-state index contributed by atoms with van der Waals surface area (Å²) in [6, 6.07) is 8.59. The lowest BCUT2D eigenvalue weighted by atomic mass is 10.0. The van der Waals surface area contributed by atoms with Crippen LogP contribution in [0, 0.1) is 0 Å². The van der Waals surface area contributed by atoms with Gasteiger partial charge in [0, 0.05) is 35.4 Å². The first-order valence-corrected chi connectivity index (χ1v) is 5.26. The molecule has 0 saturated carbocycles. The fourth-order valence-electron chi connectivity index (χ4n) is 2.47. The molecule has 0 bridgehead atoms. The Bertz CT molecular complexity index is 561. The Morgan fingerprint density at radius 3 is 2.93 bits per heavy atom. The highest BCUT2D eigenvalue weighted by atomic mass is 15.0. The average molecular weight is 198 g/mol. The summed E-state index contributed by atoms with van der Waals surface area (Å²) in [5.74, 6) is 0. The van der Waals surface area contributed by atoms with Crippen molar-refractivity contribution in [2.75, 3.05) is 0 Å². The molecule has 1 aliphatic rings. The summed E-state index contributed by atoms with van der Waals surface area (Å²) in [5, 5.41) is 4.68. The number of para-hydroxylation sites is 1. The van der Waals surface area contributed by atoms with Crippen molar-refractivity contribution >= 4 is 16.5 Å². The maximum absolute atomic E-state index is 3.31. The summed E-state index contributed by atoms with van der Waals surface area (Å²) in [4.78, 5) is 0. The maximum Gasteiger partial charge on any atom is 0.0554 e. The van der Waals surface area contributed by atoms with Gasteiger partial charge >= 0.3 is 0 Å². The molecule has 2 heterocycles. The standard InChI is InChI=1S/C13H14N2/c1-9-7-14-8-12-13(9)10-5-3-4-6-11(10)15(12)2/h3-7,14H,8H2,1-2H3. The molecule has 2 aromatic rings. The van der Waals surface area contributed by atoms with Crippen LogP contribution in [0.15, 0.2) is 30.5 Å². The summed E-state index contributed by atoms with van der Waals surface area (Å²) in [5.41, 5.74) is 5.44.